The molecule has 1 saturated heterocycles. The summed E-state index contributed by atoms with van der Waals surface area (Å²) in [6.07, 6.45) is -4.36. The van der Waals surface area contributed by atoms with Crippen molar-refractivity contribution in [2.75, 3.05) is 38.1 Å². The normalized spacial score (nSPS) is 16.4. The summed E-state index contributed by atoms with van der Waals surface area (Å²) in [6, 6.07) is 11.2. The van der Waals surface area contributed by atoms with Crippen molar-refractivity contribution >= 4 is 11.6 Å². The molecule has 0 spiro atoms. The van der Waals surface area contributed by atoms with Crippen LogP contribution in [0.4, 0.5) is 23.2 Å². The predicted octanol–water partition coefficient (Wildman–Crippen LogP) is 2.60. The Morgan fingerprint density at radius 1 is 1.13 bits per heavy atom. The van der Waals surface area contributed by atoms with Crippen LogP contribution in [-0.2, 0) is 17.5 Å². The van der Waals surface area contributed by atoms with E-state index in [0.717, 1.165) is 16.5 Å². The summed E-state index contributed by atoms with van der Waals surface area (Å²) in [6.45, 7) is 4.63. The monoisotopic (exact) mass is 424 g/mol. The van der Waals surface area contributed by atoms with E-state index in [1.807, 2.05) is 11.8 Å². The molecule has 1 atom stereocenters. The highest BCUT2D eigenvalue weighted by Crippen LogP contribution is 2.31. The second kappa shape index (κ2) is 9.04. The van der Waals surface area contributed by atoms with Gasteiger partial charge in [-0.25, -0.2) is 4.39 Å². The minimum atomic E-state index is -4.36. The first-order valence-corrected chi connectivity index (χ1v) is 9.91. The van der Waals surface area contributed by atoms with Crippen LogP contribution in [-0.4, -0.2) is 50.1 Å². The molecule has 8 heteroatoms. The van der Waals surface area contributed by atoms with Crippen LogP contribution in [0, 0.1) is 5.82 Å². The number of hydrogen-bond donors (Lipinski definition) is 1. The van der Waals surface area contributed by atoms with E-state index < -0.39 is 11.7 Å². The molecule has 1 heterocycles. The zero-order valence-electron chi connectivity index (χ0n) is 17.0. The topological polar surface area (TPSA) is 28.0 Å². The highest BCUT2D eigenvalue weighted by molar-refractivity contribution is 5.79. The van der Waals surface area contributed by atoms with Crippen LogP contribution in [0.5, 0.6) is 0 Å². The summed E-state index contributed by atoms with van der Waals surface area (Å²) >= 11 is 0. The lowest BCUT2D eigenvalue weighted by Crippen LogP contribution is -3.19. The van der Waals surface area contributed by atoms with Crippen LogP contribution in [0.25, 0.3) is 0 Å². The fourth-order valence-electron chi connectivity index (χ4n) is 3.86. The van der Waals surface area contributed by atoms with E-state index >= 15 is 0 Å². The maximum absolute atomic E-state index is 13.4. The van der Waals surface area contributed by atoms with E-state index in [1.165, 1.54) is 24.3 Å². The first kappa shape index (κ1) is 22.1. The lowest BCUT2D eigenvalue weighted by Gasteiger charge is -2.37. The highest BCUT2D eigenvalue weighted by atomic mass is 19.4. The van der Waals surface area contributed by atoms with Gasteiger partial charge in [0, 0.05) is 19.3 Å². The molecule has 0 aromatic heterocycles. The molecule has 1 aliphatic heterocycles. The van der Waals surface area contributed by atoms with E-state index in [2.05, 4.69) is 0 Å². The number of anilines is 1. The van der Waals surface area contributed by atoms with Gasteiger partial charge in [0.1, 0.15) is 5.82 Å². The number of quaternary nitrogens is 1. The van der Waals surface area contributed by atoms with Gasteiger partial charge in [0.2, 0.25) is 0 Å². The van der Waals surface area contributed by atoms with Gasteiger partial charge in [-0.2, -0.15) is 13.2 Å². The van der Waals surface area contributed by atoms with Gasteiger partial charge in [-0.15, -0.1) is 0 Å². The van der Waals surface area contributed by atoms with E-state index in [0.29, 0.717) is 38.4 Å². The second-order valence-electron chi connectivity index (χ2n) is 7.74. The largest absolute Gasteiger partial charge is 0.416 e. The molecule has 4 nitrogen and oxygen atoms in total. The van der Waals surface area contributed by atoms with Gasteiger partial charge in [-0.05, 0) is 42.8 Å². The van der Waals surface area contributed by atoms with E-state index in [4.69, 9.17) is 0 Å². The van der Waals surface area contributed by atoms with Gasteiger partial charge in [0.25, 0.3) is 5.91 Å². The number of nitrogens with zero attached hydrogens (tertiary/aromatic N) is 2. The Labute approximate surface area is 173 Å². The Morgan fingerprint density at radius 2 is 1.80 bits per heavy atom. The van der Waals surface area contributed by atoms with Gasteiger partial charge in [-0.1, -0.05) is 18.2 Å². The third-order valence-electron chi connectivity index (χ3n) is 5.61. The SMILES string of the molecule is C[C@@H](C(=O)N(C)Cc1cccc(F)c1)[NH+]1CCN(c2cccc(C(F)(F)F)c2)CC1. The first-order valence-electron chi connectivity index (χ1n) is 9.91. The average molecular weight is 424 g/mol. The first-order chi connectivity index (χ1) is 14.1. The quantitative estimate of drug-likeness (QED) is 0.748. The summed E-state index contributed by atoms with van der Waals surface area (Å²) in [4.78, 5) is 17.4. The molecular weight excluding hydrogens is 398 g/mol. The van der Waals surface area contributed by atoms with Crippen molar-refractivity contribution < 1.29 is 27.3 Å². The highest BCUT2D eigenvalue weighted by Gasteiger charge is 2.33. The van der Waals surface area contributed by atoms with Crippen LogP contribution >= 0.6 is 0 Å². The molecule has 3 rings (SSSR count). The van der Waals surface area contributed by atoms with Crippen LogP contribution in [0.1, 0.15) is 18.1 Å². The van der Waals surface area contributed by atoms with E-state index in [1.54, 1.807) is 30.1 Å². The van der Waals surface area contributed by atoms with Gasteiger partial charge in [-0.3, -0.25) is 4.79 Å². The van der Waals surface area contributed by atoms with Crippen molar-refractivity contribution in [2.24, 2.45) is 0 Å². The van der Waals surface area contributed by atoms with Crippen LogP contribution in [0.15, 0.2) is 48.5 Å². The number of carbonyl (C=O) groups is 1. The molecule has 162 valence electrons. The fraction of sp³-hybridized carbons (Fsp3) is 0.409. The number of carbonyl (C=O) groups excluding carboxylic acids is 1. The second-order valence-corrected chi connectivity index (χ2v) is 7.74. The number of benzene rings is 2. The summed E-state index contributed by atoms with van der Waals surface area (Å²) in [5.41, 5.74) is 0.616. The molecule has 30 heavy (non-hydrogen) atoms. The Kier molecular flexibility index (Phi) is 6.65. The molecule has 0 bridgehead atoms. The number of likely N-dealkylation sites (N-methyl/N-ethyl adjacent to an activating group) is 1. The number of rotatable bonds is 5. The molecule has 0 unspecified atom stereocenters. The summed E-state index contributed by atoms with van der Waals surface area (Å²) in [5, 5.41) is 0. The standard InChI is InChI=1S/C22H25F4N3O/c1-16(21(30)27(2)15-17-5-3-7-19(23)13-17)28-9-11-29(12-10-28)20-8-4-6-18(14-20)22(24,25)26/h3-8,13-14,16H,9-12,15H2,1-2H3/p+1/t16-/m0/s1. The molecule has 0 radical (unpaired) electrons. The lowest BCUT2D eigenvalue weighted by atomic mass is 10.1. The Hall–Kier alpha value is -2.61. The van der Waals surface area contributed by atoms with E-state index in [-0.39, 0.29) is 17.8 Å². The molecular formula is C22H26F4N3O+. The van der Waals surface area contributed by atoms with Crippen molar-refractivity contribution in [3.63, 3.8) is 0 Å². The number of hydrogen-bond acceptors (Lipinski definition) is 2. The summed E-state index contributed by atoms with van der Waals surface area (Å²) in [5.74, 6) is -0.375. The van der Waals surface area contributed by atoms with Crippen molar-refractivity contribution in [3.8, 4) is 0 Å². The van der Waals surface area contributed by atoms with Gasteiger partial charge < -0.3 is 14.7 Å². The number of piperazine rings is 1. The fourth-order valence-corrected chi connectivity index (χ4v) is 3.86. The molecule has 2 aromatic carbocycles. The van der Waals surface area contributed by atoms with Crippen molar-refractivity contribution in [1.29, 1.82) is 0 Å². The molecule has 2 aromatic rings. The van der Waals surface area contributed by atoms with Crippen LogP contribution < -0.4 is 9.80 Å². The maximum Gasteiger partial charge on any atom is 0.416 e. The molecule has 1 N–H and O–H groups in total. The molecule has 0 aliphatic carbocycles. The zero-order chi connectivity index (χ0) is 21.9. The Morgan fingerprint density at radius 3 is 2.43 bits per heavy atom. The van der Waals surface area contributed by atoms with Gasteiger partial charge in [0.05, 0.1) is 31.7 Å². The molecule has 1 amide bonds. The van der Waals surface area contributed by atoms with Crippen molar-refractivity contribution in [3.05, 3.63) is 65.5 Å². The zero-order valence-corrected chi connectivity index (χ0v) is 17.0. The third kappa shape index (κ3) is 5.30. The molecule has 0 saturated carbocycles. The minimum Gasteiger partial charge on any atom is -0.360 e. The summed E-state index contributed by atoms with van der Waals surface area (Å²) < 4.78 is 52.2. The Balaban J connectivity index is 1.57. The van der Waals surface area contributed by atoms with Gasteiger partial charge in [0.15, 0.2) is 6.04 Å². The van der Waals surface area contributed by atoms with E-state index in [9.17, 15) is 22.4 Å². The molecule has 1 aliphatic rings. The number of halogens is 4. The van der Waals surface area contributed by atoms with Crippen molar-refractivity contribution in [2.45, 2.75) is 25.7 Å². The van der Waals surface area contributed by atoms with Crippen molar-refractivity contribution in [1.82, 2.24) is 4.90 Å². The maximum atomic E-state index is 13.4. The third-order valence-corrected chi connectivity index (χ3v) is 5.61. The lowest BCUT2D eigenvalue weighted by molar-refractivity contribution is -0.915. The Bertz CT molecular complexity index is 879. The number of alkyl halides is 3. The predicted molar refractivity (Wildman–Crippen MR) is 107 cm³/mol. The minimum absolute atomic E-state index is 0.0400. The van der Waals surface area contributed by atoms with Crippen LogP contribution in [0.2, 0.25) is 0 Å². The number of amides is 1. The average Bonchev–Trinajstić information content (AvgIpc) is 2.72. The smallest absolute Gasteiger partial charge is 0.360 e. The molecule has 1 fully saturated rings. The van der Waals surface area contributed by atoms with Gasteiger partial charge >= 0.3 is 6.18 Å². The van der Waals surface area contributed by atoms with Crippen LogP contribution in [0.3, 0.4) is 0 Å². The summed E-state index contributed by atoms with van der Waals surface area (Å²) in [7, 11) is 1.70. The number of nitrogens with one attached hydrogen (secondary N) is 1.